The van der Waals surface area contributed by atoms with Crippen molar-refractivity contribution in [3.05, 3.63) is 60.3 Å². The van der Waals surface area contributed by atoms with Gasteiger partial charge in [0.25, 0.3) is 0 Å². The summed E-state index contributed by atoms with van der Waals surface area (Å²) < 4.78 is 15.5. The third kappa shape index (κ3) is 3.25. The molecule has 0 spiro atoms. The molecule has 0 amide bonds. The highest BCUT2D eigenvalue weighted by Crippen LogP contribution is 2.18. The third-order valence-electron chi connectivity index (χ3n) is 3.41. The van der Waals surface area contributed by atoms with Gasteiger partial charge in [0.1, 0.15) is 5.82 Å². The van der Waals surface area contributed by atoms with Crippen molar-refractivity contribution in [2.45, 2.75) is 26.1 Å². The van der Waals surface area contributed by atoms with Gasteiger partial charge < -0.3 is 5.32 Å². The fraction of sp³-hybridized carbons (Fsp3) is 0.250. The molecule has 1 N–H and O–H groups in total. The molecule has 1 aromatic carbocycles. The first-order valence-electron chi connectivity index (χ1n) is 6.96. The Morgan fingerprint density at radius 2 is 2.19 bits per heavy atom. The predicted octanol–water partition coefficient (Wildman–Crippen LogP) is 2.75. The first-order valence-corrected chi connectivity index (χ1v) is 6.96. The number of halogens is 1. The molecular weight excluding hydrogens is 267 g/mol. The average Bonchev–Trinajstić information content (AvgIpc) is 2.97. The van der Waals surface area contributed by atoms with Gasteiger partial charge in [-0.25, -0.2) is 4.39 Å². The molecule has 1 atom stereocenters. The first-order chi connectivity index (χ1) is 10.2. The lowest BCUT2D eigenvalue weighted by atomic mass is 10.1. The molecule has 0 radical (unpaired) electrons. The minimum absolute atomic E-state index is 0.229. The largest absolute Gasteiger partial charge is 0.308 e. The van der Waals surface area contributed by atoms with Gasteiger partial charge in [0, 0.05) is 36.6 Å². The smallest absolute Gasteiger partial charge is 0.124 e. The van der Waals surface area contributed by atoms with Crippen molar-refractivity contribution < 1.29 is 4.39 Å². The van der Waals surface area contributed by atoms with Gasteiger partial charge in [-0.15, -0.1) is 0 Å². The summed E-state index contributed by atoms with van der Waals surface area (Å²) in [5.41, 5.74) is 1.72. The highest BCUT2D eigenvalue weighted by atomic mass is 19.1. The standard InChI is InChI=1S/C16H17FN4/c1-12(11-21-7-3-6-20-21)19-10-14-9-15(17)8-13-4-2-5-18-16(13)14/h2-9,12,19H,10-11H2,1H3/t12-/m0/s1. The van der Waals surface area contributed by atoms with Crippen molar-refractivity contribution in [3.63, 3.8) is 0 Å². The maximum atomic E-state index is 13.7. The van der Waals surface area contributed by atoms with Crippen LogP contribution in [0.1, 0.15) is 12.5 Å². The Kier molecular flexibility index (Phi) is 3.92. The maximum absolute atomic E-state index is 13.7. The van der Waals surface area contributed by atoms with Gasteiger partial charge in [-0.3, -0.25) is 9.67 Å². The van der Waals surface area contributed by atoms with Crippen molar-refractivity contribution in [2.75, 3.05) is 0 Å². The summed E-state index contributed by atoms with van der Waals surface area (Å²) >= 11 is 0. The minimum atomic E-state index is -0.230. The molecule has 0 aliphatic carbocycles. The topological polar surface area (TPSA) is 42.7 Å². The van der Waals surface area contributed by atoms with E-state index in [2.05, 4.69) is 22.3 Å². The Bertz CT molecular complexity index is 724. The zero-order valence-electron chi connectivity index (χ0n) is 11.8. The summed E-state index contributed by atoms with van der Waals surface area (Å²) in [5, 5.41) is 8.40. The molecule has 21 heavy (non-hydrogen) atoms. The van der Waals surface area contributed by atoms with Crippen molar-refractivity contribution in [1.82, 2.24) is 20.1 Å². The number of fused-ring (bicyclic) bond motifs is 1. The Morgan fingerprint density at radius 1 is 1.29 bits per heavy atom. The number of benzene rings is 1. The molecule has 108 valence electrons. The monoisotopic (exact) mass is 284 g/mol. The van der Waals surface area contributed by atoms with E-state index in [0.29, 0.717) is 6.54 Å². The number of nitrogens with one attached hydrogen (secondary N) is 1. The number of hydrogen-bond donors (Lipinski definition) is 1. The normalized spacial score (nSPS) is 12.7. The van der Waals surface area contributed by atoms with Gasteiger partial charge in [0.2, 0.25) is 0 Å². The summed E-state index contributed by atoms with van der Waals surface area (Å²) in [6.07, 6.45) is 5.42. The van der Waals surface area contributed by atoms with E-state index in [1.165, 1.54) is 6.07 Å². The number of aromatic nitrogens is 3. The lowest BCUT2D eigenvalue weighted by molar-refractivity contribution is 0.451. The summed E-state index contributed by atoms with van der Waals surface area (Å²) in [5.74, 6) is -0.230. The molecule has 3 aromatic rings. The zero-order chi connectivity index (χ0) is 14.7. The van der Waals surface area contributed by atoms with Crippen molar-refractivity contribution in [3.8, 4) is 0 Å². The molecule has 2 aromatic heterocycles. The fourth-order valence-corrected chi connectivity index (χ4v) is 2.40. The van der Waals surface area contributed by atoms with E-state index < -0.39 is 0 Å². The summed E-state index contributed by atoms with van der Waals surface area (Å²) in [6, 6.07) is 8.88. The van der Waals surface area contributed by atoms with Crippen LogP contribution < -0.4 is 5.32 Å². The van der Waals surface area contributed by atoms with E-state index in [9.17, 15) is 4.39 Å². The number of rotatable bonds is 5. The number of hydrogen-bond acceptors (Lipinski definition) is 3. The second-order valence-corrected chi connectivity index (χ2v) is 5.15. The van der Waals surface area contributed by atoms with Gasteiger partial charge in [-0.2, -0.15) is 5.10 Å². The van der Waals surface area contributed by atoms with E-state index >= 15 is 0 Å². The van der Waals surface area contributed by atoms with Crippen LogP contribution in [-0.4, -0.2) is 20.8 Å². The minimum Gasteiger partial charge on any atom is -0.308 e. The van der Waals surface area contributed by atoms with Gasteiger partial charge in [-0.05, 0) is 36.8 Å². The Labute approximate surface area is 122 Å². The molecule has 5 heteroatoms. The van der Waals surface area contributed by atoms with Crippen molar-refractivity contribution in [1.29, 1.82) is 0 Å². The Hall–Kier alpha value is -2.27. The summed E-state index contributed by atoms with van der Waals surface area (Å²) in [4.78, 5) is 4.35. The lowest BCUT2D eigenvalue weighted by Gasteiger charge is -2.15. The van der Waals surface area contributed by atoms with Crippen molar-refractivity contribution in [2.24, 2.45) is 0 Å². The number of pyridine rings is 1. The van der Waals surface area contributed by atoms with Gasteiger partial charge in [0.15, 0.2) is 0 Å². The third-order valence-corrected chi connectivity index (χ3v) is 3.41. The van der Waals surface area contributed by atoms with E-state index in [1.807, 2.05) is 29.1 Å². The molecule has 0 aliphatic heterocycles. The maximum Gasteiger partial charge on any atom is 0.124 e. The molecule has 0 aliphatic rings. The highest BCUT2D eigenvalue weighted by Gasteiger charge is 2.08. The van der Waals surface area contributed by atoms with Crippen LogP contribution in [0, 0.1) is 5.82 Å². The van der Waals surface area contributed by atoms with Crippen LogP contribution in [0.5, 0.6) is 0 Å². The highest BCUT2D eigenvalue weighted by molar-refractivity contribution is 5.81. The summed E-state index contributed by atoms with van der Waals surface area (Å²) in [7, 11) is 0. The summed E-state index contributed by atoms with van der Waals surface area (Å²) in [6.45, 7) is 3.43. The van der Waals surface area contributed by atoms with Crippen molar-refractivity contribution >= 4 is 10.9 Å². The molecule has 0 unspecified atom stereocenters. The van der Waals surface area contributed by atoms with E-state index in [1.54, 1.807) is 18.5 Å². The van der Waals surface area contributed by atoms with Crippen LogP contribution in [-0.2, 0) is 13.1 Å². The van der Waals surface area contributed by atoms with Crippen LogP contribution in [0.3, 0.4) is 0 Å². The molecule has 0 fully saturated rings. The molecule has 4 nitrogen and oxygen atoms in total. The fourth-order valence-electron chi connectivity index (χ4n) is 2.40. The second kappa shape index (κ2) is 6.01. The molecule has 2 heterocycles. The SMILES string of the molecule is C[C@@H](Cn1cccn1)NCc1cc(F)cc2cccnc12. The molecule has 3 rings (SSSR count). The predicted molar refractivity (Wildman–Crippen MR) is 80.2 cm³/mol. The van der Waals surface area contributed by atoms with Gasteiger partial charge >= 0.3 is 0 Å². The van der Waals surface area contributed by atoms with Crippen LogP contribution in [0.25, 0.3) is 10.9 Å². The molecular formula is C16H17FN4. The van der Waals surface area contributed by atoms with Crippen LogP contribution >= 0.6 is 0 Å². The van der Waals surface area contributed by atoms with Gasteiger partial charge in [0.05, 0.1) is 12.1 Å². The van der Waals surface area contributed by atoms with Gasteiger partial charge in [-0.1, -0.05) is 6.07 Å². The Morgan fingerprint density at radius 3 is 3.00 bits per heavy atom. The molecule has 0 bridgehead atoms. The van der Waals surface area contributed by atoms with Crippen LogP contribution in [0.4, 0.5) is 4.39 Å². The lowest BCUT2D eigenvalue weighted by Crippen LogP contribution is -2.30. The van der Waals surface area contributed by atoms with Crippen LogP contribution in [0.15, 0.2) is 48.9 Å². The van der Waals surface area contributed by atoms with E-state index in [4.69, 9.17) is 0 Å². The van der Waals surface area contributed by atoms with E-state index in [0.717, 1.165) is 23.0 Å². The second-order valence-electron chi connectivity index (χ2n) is 5.15. The molecule has 0 saturated carbocycles. The number of nitrogens with zero attached hydrogens (tertiary/aromatic N) is 3. The average molecular weight is 284 g/mol. The molecule has 0 saturated heterocycles. The van der Waals surface area contributed by atoms with Crippen LogP contribution in [0.2, 0.25) is 0 Å². The zero-order valence-corrected chi connectivity index (χ0v) is 11.8. The van der Waals surface area contributed by atoms with E-state index in [-0.39, 0.29) is 11.9 Å². The first kappa shape index (κ1) is 13.7. The quantitative estimate of drug-likeness (QED) is 0.783. The Balaban J connectivity index is 1.73.